The fraction of sp³-hybridized carbons (Fsp3) is 0.150. The molecule has 5 nitrogen and oxygen atoms in total. The molecule has 0 radical (unpaired) electrons. The Balaban J connectivity index is 1.67. The van der Waals surface area contributed by atoms with Gasteiger partial charge in [0.15, 0.2) is 0 Å². The third-order valence-electron chi connectivity index (χ3n) is 3.51. The van der Waals surface area contributed by atoms with Gasteiger partial charge < -0.3 is 9.47 Å². The summed E-state index contributed by atoms with van der Waals surface area (Å²) in [6.45, 7) is 2.53. The number of nitriles is 1. The van der Waals surface area contributed by atoms with Crippen LogP contribution in [0.4, 0.5) is 0 Å². The second-order valence-electron chi connectivity index (χ2n) is 5.32. The number of carbonyl (C=O) groups excluding carboxylic acids is 1. The highest BCUT2D eigenvalue weighted by Gasteiger charge is 2.13. The Morgan fingerprint density at radius 3 is 2.69 bits per heavy atom. The predicted octanol–water partition coefficient (Wildman–Crippen LogP) is 4.35. The van der Waals surface area contributed by atoms with Crippen molar-refractivity contribution in [2.24, 2.45) is 0 Å². The van der Waals surface area contributed by atoms with Crippen molar-refractivity contribution >= 4 is 33.6 Å². The molecule has 6 heteroatoms. The Morgan fingerprint density at radius 2 is 2.00 bits per heavy atom. The Kier molecular flexibility index (Phi) is 5.62. The van der Waals surface area contributed by atoms with E-state index < -0.39 is 5.97 Å². The molecule has 0 unspecified atom stereocenters. The molecular weight excluding hydrogens is 348 g/mol. The van der Waals surface area contributed by atoms with E-state index in [4.69, 9.17) is 9.47 Å². The van der Waals surface area contributed by atoms with E-state index in [9.17, 15) is 10.1 Å². The first-order valence-corrected chi connectivity index (χ1v) is 8.87. The molecule has 3 rings (SSSR count). The number of fused-ring (bicyclic) bond motifs is 1. The summed E-state index contributed by atoms with van der Waals surface area (Å²) in [6.07, 6.45) is 1.50. The van der Waals surface area contributed by atoms with Crippen LogP contribution in [-0.2, 0) is 16.1 Å². The molecule has 0 amide bonds. The summed E-state index contributed by atoms with van der Waals surface area (Å²) in [4.78, 5) is 16.6. The number of ether oxygens (including phenoxy) is 2. The van der Waals surface area contributed by atoms with Crippen LogP contribution in [0.5, 0.6) is 5.75 Å². The van der Waals surface area contributed by atoms with E-state index in [2.05, 4.69) is 4.98 Å². The SMILES string of the molecule is CCOc1ccc(/C=C(\C#N)C(=O)OCc2nc3ccccc3s2)cc1. The van der Waals surface area contributed by atoms with Crippen LogP contribution in [-0.4, -0.2) is 17.6 Å². The van der Waals surface area contributed by atoms with E-state index in [1.807, 2.05) is 37.3 Å². The summed E-state index contributed by atoms with van der Waals surface area (Å²) in [5, 5.41) is 9.94. The van der Waals surface area contributed by atoms with Crippen LogP contribution in [0, 0.1) is 11.3 Å². The van der Waals surface area contributed by atoms with Gasteiger partial charge in [-0.05, 0) is 42.8 Å². The highest BCUT2D eigenvalue weighted by molar-refractivity contribution is 7.18. The van der Waals surface area contributed by atoms with Gasteiger partial charge >= 0.3 is 5.97 Å². The van der Waals surface area contributed by atoms with Gasteiger partial charge in [0.1, 0.15) is 29.0 Å². The van der Waals surface area contributed by atoms with Gasteiger partial charge in [0.05, 0.1) is 16.8 Å². The lowest BCUT2D eigenvalue weighted by Gasteiger charge is -2.03. The molecule has 0 aliphatic heterocycles. The van der Waals surface area contributed by atoms with E-state index in [0.29, 0.717) is 11.6 Å². The summed E-state index contributed by atoms with van der Waals surface area (Å²) >= 11 is 1.46. The Morgan fingerprint density at radius 1 is 1.23 bits per heavy atom. The standard InChI is InChI=1S/C20H16N2O3S/c1-2-24-16-9-7-14(8-10-16)11-15(12-21)20(23)25-13-19-22-17-5-3-4-6-18(17)26-19/h3-11H,2,13H2,1H3/b15-11+. The zero-order valence-electron chi connectivity index (χ0n) is 14.1. The minimum Gasteiger partial charge on any atom is -0.494 e. The van der Waals surface area contributed by atoms with Crippen molar-refractivity contribution < 1.29 is 14.3 Å². The van der Waals surface area contributed by atoms with Crippen molar-refractivity contribution in [3.05, 3.63) is 64.7 Å². The van der Waals surface area contributed by atoms with E-state index in [1.165, 1.54) is 17.4 Å². The lowest BCUT2D eigenvalue weighted by Crippen LogP contribution is -2.06. The molecule has 0 aliphatic carbocycles. The first-order chi connectivity index (χ1) is 12.7. The summed E-state index contributed by atoms with van der Waals surface area (Å²) in [7, 11) is 0. The van der Waals surface area contributed by atoms with Gasteiger partial charge in [0.25, 0.3) is 0 Å². The van der Waals surface area contributed by atoms with Crippen molar-refractivity contribution in [1.82, 2.24) is 4.98 Å². The van der Waals surface area contributed by atoms with Crippen LogP contribution < -0.4 is 4.74 Å². The topological polar surface area (TPSA) is 72.2 Å². The molecule has 1 aromatic heterocycles. The number of hydrogen-bond donors (Lipinski definition) is 0. The number of para-hydroxylation sites is 1. The molecule has 1 heterocycles. The average Bonchev–Trinajstić information content (AvgIpc) is 3.08. The van der Waals surface area contributed by atoms with Crippen LogP contribution in [0.25, 0.3) is 16.3 Å². The average molecular weight is 364 g/mol. The van der Waals surface area contributed by atoms with Crippen molar-refractivity contribution in [3.8, 4) is 11.8 Å². The summed E-state index contributed by atoms with van der Waals surface area (Å²) in [6, 6.07) is 16.7. The molecule has 0 atom stereocenters. The number of carbonyl (C=O) groups is 1. The maximum Gasteiger partial charge on any atom is 0.349 e. The van der Waals surface area contributed by atoms with Gasteiger partial charge in [-0.25, -0.2) is 9.78 Å². The second kappa shape index (κ2) is 8.28. The van der Waals surface area contributed by atoms with Gasteiger partial charge in [-0.1, -0.05) is 24.3 Å². The molecule has 3 aromatic rings. The quantitative estimate of drug-likeness (QED) is 0.369. The first-order valence-electron chi connectivity index (χ1n) is 8.06. The lowest BCUT2D eigenvalue weighted by atomic mass is 10.1. The first kappa shape index (κ1) is 17.6. The van der Waals surface area contributed by atoms with Gasteiger partial charge in [0, 0.05) is 0 Å². The van der Waals surface area contributed by atoms with Gasteiger partial charge in [-0.2, -0.15) is 5.26 Å². The van der Waals surface area contributed by atoms with Crippen molar-refractivity contribution in [1.29, 1.82) is 5.26 Å². The highest BCUT2D eigenvalue weighted by atomic mass is 32.1. The molecule has 0 aliphatic rings. The van der Waals surface area contributed by atoms with Crippen LogP contribution in [0.2, 0.25) is 0 Å². The zero-order valence-corrected chi connectivity index (χ0v) is 15.0. The number of benzene rings is 2. The third kappa shape index (κ3) is 4.26. The fourth-order valence-corrected chi connectivity index (χ4v) is 3.20. The van der Waals surface area contributed by atoms with Crippen molar-refractivity contribution in [2.45, 2.75) is 13.5 Å². The van der Waals surface area contributed by atoms with Crippen LogP contribution in [0.1, 0.15) is 17.5 Å². The number of nitrogens with zero attached hydrogens (tertiary/aromatic N) is 2. The second-order valence-corrected chi connectivity index (χ2v) is 6.44. The van der Waals surface area contributed by atoms with E-state index in [0.717, 1.165) is 21.5 Å². The summed E-state index contributed by atoms with van der Waals surface area (Å²) in [5.74, 6) is 0.0715. The molecular formula is C20H16N2O3S. The van der Waals surface area contributed by atoms with Crippen LogP contribution in [0.15, 0.2) is 54.1 Å². The predicted molar refractivity (Wildman–Crippen MR) is 101 cm³/mol. The minimum absolute atomic E-state index is 0.0421. The fourth-order valence-electron chi connectivity index (χ4n) is 2.32. The number of rotatable bonds is 6. The molecule has 0 saturated heterocycles. The Bertz CT molecular complexity index is 951. The molecule has 2 aromatic carbocycles. The molecule has 0 N–H and O–H groups in total. The van der Waals surface area contributed by atoms with Crippen molar-refractivity contribution in [2.75, 3.05) is 6.61 Å². The Labute approximate surface area is 155 Å². The third-order valence-corrected chi connectivity index (χ3v) is 4.52. The van der Waals surface area contributed by atoms with Gasteiger partial charge in [-0.3, -0.25) is 0 Å². The monoisotopic (exact) mass is 364 g/mol. The minimum atomic E-state index is -0.666. The zero-order chi connectivity index (χ0) is 18.4. The normalized spacial score (nSPS) is 11.2. The largest absolute Gasteiger partial charge is 0.494 e. The lowest BCUT2D eigenvalue weighted by molar-refractivity contribution is -0.139. The van der Waals surface area contributed by atoms with Gasteiger partial charge in [0.2, 0.25) is 0 Å². The number of esters is 1. The molecule has 26 heavy (non-hydrogen) atoms. The maximum atomic E-state index is 12.2. The number of aromatic nitrogens is 1. The molecule has 130 valence electrons. The molecule has 0 fully saturated rings. The molecule has 0 spiro atoms. The van der Waals surface area contributed by atoms with Crippen molar-refractivity contribution in [3.63, 3.8) is 0 Å². The van der Waals surface area contributed by atoms with E-state index >= 15 is 0 Å². The van der Waals surface area contributed by atoms with E-state index in [1.54, 1.807) is 24.3 Å². The maximum absolute atomic E-state index is 12.2. The molecule has 0 bridgehead atoms. The molecule has 0 saturated carbocycles. The van der Waals surface area contributed by atoms with Crippen LogP contribution in [0.3, 0.4) is 0 Å². The highest BCUT2D eigenvalue weighted by Crippen LogP contribution is 2.22. The Hall–Kier alpha value is -3.17. The summed E-state index contributed by atoms with van der Waals surface area (Å²) < 4.78 is 11.6. The number of thiazole rings is 1. The van der Waals surface area contributed by atoms with Gasteiger partial charge in [-0.15, -0.1) is 11.3 Å². The smallest absolute Gasteiger partial charge is 0.349 e. The number of hydrogen-bond acceptors (Lipinski definition) is 6. The van der Waals surface area contributed by atoms with Crippen LogP contribution >= 0.6 is 11.3 Å². The van der Waals surface area contributed by atoms with E-state index in [-0.39, 0.29) is 12.2 Å². The summed E-state index contributed by atoms with van der Waals surface area (Å²) in [5.41, 5.74) is 1.53.